The molecule has 2 aromatic heterocycles. The van der Waals surface area contributed by atoms with Gasteiger partial charge < -0.3 is 4.42 Å². The van der Waals surface area contributed by atoms with Crippen molar-refractivity contribution in [2.45, 2.75) is 12.8 Å². The van der Waals surface area contributed by atoms with Crippen LogP contribution in [0.2, 0.25) is 0 Å². The zero-order valence-electron chi connectivity index (χ0n) is 26.6. The van der Waals surface area contributed by atoms with Crippen LogP contribution < -0.4 is 0 Å². The number of hydrogen-bond donors (Lipinski definition) is 0. The highest BCUT2D eigenvalue weighted by molar-refractivity contribution is 6.18. The Kier molecular flexibility index (Phi) is 6.28. The normalized spacial score (nSPS) is 13.2. The molecule has 1 aliphatic carbocycles. The van der Waals surface area contributed by atoms with Crippen molar-refractivity contribution in [3.05, 3.63) is 158 Å². The third kappa shape index (κ3) is 4.64. The van der Waals surface area contributed by atoms with Crippen LogP contribution in [0.3, 0.4) is 0 Å². The highest BCUT2D eigenvalue weighted by atomic mass is 16.3. The first-order chi connectivity index (χ1) is 24.3. The summed E-state index contributed by atoms with van der Waals surface area (Å²) >= 11 is 0. The van der Waals surface area contributed by atoms with Crippen LogP contribution in [0.4, 0.5) is 0 Å². The van der Waals surface area contributed by atoms with E-state index in [9.17, 15) is 0 Å². The van der Waals surface area contributed by atoms with Crippen LogP contribution in [-0.4, -0.2) is 15.0 Å². The largest absolute Gasteiger partial charge is 0.456 e. The number of allylic oxidation sites excluding steroid dienone is 4. The molecule has 2 heterocycles. The molecule has 0 fully saturated rings. The van der Waals surface area contributed by atoms with Gasteiger partial charge in [0.25, 0.3) is 0 Å². The van der Waals surface area contributed by atoms with E-state index in [0.717, 1.165) is 68.4 Å². The molecule has 4 heteroatoms. The molecule has 0 unspecified atom stereocenters. The van der Waals surface area contributed by atoms with Crippen molar-refractivity contribution in [1.82, 2.24) is 15.0 Å². The summed E-state index contributed by atoms with van der Waals surface area (Å²) in [5.41, 5.74) is 6.94. The van der Waals surface area contributed by atoms with Gasteiger partial charge in [-0.3, -0.25) is 0 Å². The second-order valence-corrected chi connectivity index (χ2v) is 12.7. The van der Waals surface area contributed by atoms with Gasteiger partial charge in [-0.25, -0.2) is 15.0 Å². The number of hydrogen-bond acceptors (Lipinski definition) is 4. The Bertz CT molecular complexity index is 2830. The van der Waals surface area contributed by atoms with Crippen LogP contribution in [-0.2, 0) is 0 Å². The summed E-state index contributed by atoms with van der Waals surface area (Å²) in [4.78, 5) is 15.1. The molecule has 0 spiro atoms. The smallest absolute Gasteiger partial charge is 0.164 e. The van der Waals surface area contributed by atoms with E-state index < -0.39 is 0 Å². The first-order valence-corrected chi connectivity index (χ1v) is 16.7. The van der Waals surface area contributed by atoms with Crippen LogP contribution in [0, 0.1) is 0 Å². The SMILES string of the molecule is C1=CCCC(c2nc(-c3ccccc3)nc(-c3cccc4oc5ccc(-c6ccc7c(ccc8c9ccccc9ccc78)c6)cc5c34)n2)=C1. The van der Waals surface area contributed by atoms with Crippen LogP contribution in [0.5, 0.6) is 0 Å². The zero-order valence-corrected chi connectivity index (χ0v) is 26.6. The van der Waals surface area contributed by atoms with E-state index in [1.54, 1.807) is 0 Å². The third-order valence-corrected chi connectivity index (χ3v) is 9.78. The molecule has 0 aliphatic heterocycles. The number of nitrogens with zero attached hydrogens (tertiary/aromatic N) is 3. The van der Waals surface area contributed by atoms with Gasteiger partial charge in [0.2, 0.25) is 0 Å². The monoisotopic (exact) mass is 627 g/mol. The van der Waals surface area contributed by atoms with Gasteiger partial charge in [-0.15, -0.1) is 0 Å². The van der Waals surface area contributed by atoms with Crippen LogP contribution in [0.15, 0.2) is 156 Å². The molecule has 0 amide bonds. The van der Waals surface area contributed by atoms with Gasteiger partial charge in [0.15, 0.2) is 17.5 Å². The Morgan fingerprint density at radius 1 is 0.469 bits per heavy atom. The molecular formula is C45H29N3O. The van der Waals surface area contributed by atoms with Crippen molar-refractivity contribution in [3.63, 3.8) is 0 Å². The van der Waals surface area contributed by atoms with Crippen molar-refractivity contribution in [1.29, 1.82) is 0 Å². The van der Waals surface area contributed by atoms with Crippen LogP contribution >= 0.6 is 0 Å². The first kappa shape index (κ1) is 27.7. The van der Waals surface area contributed by atoms with Crippen molar-refractivity contribution in [2.24, 2.45) is 0 Å². The zero-order chi connectivity index (χ0) is 32.3. The third-order valence-electron chi connectivity index (χ3n) is 9.78. The van der Waals surface area contributed by atoms with Crippen molar-refractivity contribution in [3.8, 4) is 33.9 Å². The molecule has 1 aliphatic rings. The van der Waals surface area contributed by atoms with E-state index in [1.165, 1.54) is 32.3 Å². The maximum Gasteiger partial charge on any atom is 0.164 e. The van der Waals surface area contributed by atoms with Gasteiger partial charge in [-0.1, -0.05) is 127 Å². The summed E-state index contributed by atoms with van der Waals surface area (Å²) in [5, 5.41) is 9.62. The van der Waals surface area contributed by atoms with Crippen molar-refractivity contribution < 1.29 is 4.42 Å². The Morgan fingerprint density at radius 2 is 1.20 bits per heavy atom. The van der Waals surface area contributed by atoms with Gasteiger partial charge in [-0.05, 0) is 86.1 Å². The molecule has 0 radical (unpaired) electrons. The van der Waals surface area contributed by atoms with E-state index >= 15 is 0 Å². The van der Waals surface area contributed by atoms with E-state index in [0.29, 0.717) is 11.6 Å². The minimum Gasteiger partial charge on any atom is -0.456 e. The molecule has 49 heavy (non-hydrogen) atoms. The summed E-state index contributed by atoms with van der Waals surface area (Å²) < 4.78 is 6.43. The summed E-state index contributed by atoms with van der Waals surface area (Å²) in [6, 6.07) is 47.1. The highest BCUT2D eigenvalue weighted by Gasteiger charge is 2.19. The van der Waals surface area contributed by atoms with Gasteiger partial charge in [-0.2, -0.15) is 0 Å². The molecule has 7 aromatic carbocycles. The molecule has 0 N–H and O–H groups in total. The lowest BCUT2D eigenvalue weighted by Gasteiger charge is -2.12. The standard InChI is InChI=1S/C45H29N3O/c1-3-11-29(12-4-1)43-46-44(30-13-5-2-6-14-30)48-45(47-43)38-16-9-17-41-42(38)39-27-32(21-25-40(39)49-41)31-19-22-35-33(26-31)20-24-36-34-15-8-7-10-28(34)18-23-37(35)36/h1-5,7-13,15-27H,6,14H2. The average molecular weight is 628 g/mol. The molecule has 10 rings (SSSR count). The van der Waals surface area contributed by atoms with Gasteiger partial charge >= 0.3 is 0 Å². The number of benzene rings is 7. The highest BCUT2D eigenvalue weighted by Crippen LogP contribution is 2.39. The number of furan rings is 1. The van der Waals surface area contributed by atoms with Crippen molar-refractivity contribution >= 4 is 59.8 Å². The van der Waals surface area contributed by atoms with Crippen LogP contribution in [0.25, 0.3) is 93.7 Å². The van der Waals surface area contributed by atoms with Gasteiger partial charge in [0, 0.05) is 21.9 Å². The molecule has 0 saturated carbocycles. The van der Waals surface area contributed by atoms with Crippen molar-refractivity contribution in [2.75, 3.05) is 0 Å². The lowest BCUT2D eigenvalue weighted by molar-refractivity contribution is 0.669. The molecular weight excluding hydrogens is 599 g/mol. The summed E-state index contributed by atoms with van der Waals surface area (Å²) in [5.74, 6) is 2.02. The topological polar surface area (TPSA) is 51.8 Å². The number of aromatic nitrogens is 3. The quantitative estimate of drug-likeness (QED) is 0.182. The molecule has 0 saturated heterocycles. The summed E-state index contributed by atoms with van der Waals surface area (Å²) in [7, 11) is 0. The maximum atomic E-state index is 6.43. The fourth-order valence-corrected chi connectivity index (χ4v) is 7.35. The Balaban J connectivity index is 1.13. The Hall–Kier alpha value is -6.39. The predicted octanol–water partition coefficient (Wildman–Crippen LogP) is 12.0. The second kappa shape index (κ2) is 11.1. The summed E-state index contributed by atoms with van der Waals surface area (Å²) in [6.45, 7) is 0. The average Bonchev–Trinajstić information content (AvgIpc) is 3.56. The van der Waals surface area contributed by atoms with Crippen LogP contribution in [0.1, 0.15) is 18.7 Å². The Morgan fingerprint density at radius 3 is 2.08 bits per heavy atom. The van der Waals surface area contributed by atoms with E-state index in [2.05, 4.69) is 109 Å². The molecule has 0 bridgehead atoms. The number of rotatable bonds is 4. The van der Waals surface area contributed by atoms with E-state index in [4.69, 9.17) is 19.4 Å². The fourth-order valence-electron chi connectivity index (χ4n) is 7.35. The second-order valence-electron chi connectivity index (χ2n) is 12.7. The Labute approximate surface area is 282 Å². The minimum absolute atomic E-state index is 0.642. The first-order valence-electron chi connectivity index (χ1n) is 16.7. The molecule has 9 aromatic rings. The molecule has 4 nitrogen and oxygen atoms in total. The summed E-state index contributed by atoms with van der Waals surface area (Å²) in [6.07, 6.45) is 8.26. The van der Waals surface area contributed by atoms with E-state index in [-0.39, 0.29) is 0 Å². The fraction of sp³-hybridized carbons (Fsp3) is 0.0444. The minimum atomic E-state index is 0.642. The van der Waals surface area contributed by atoms with Gasteiger partial charge in [0.1, 0.15) is 11.2 Å². The van der Waals surface area contributed by atoms with E-state index in [1.807, 2.05) is 42.5 Å². The predicted molar refractivity (Wildman–Crippen MR) is 202 cm³/mol. The number of fused-ring (bicyclic) bond motifs is 8. The maximum absolute atomic E-state index is 6.43. The molecule has 0 atom stereocenters. The molecule has 230 valence electrons. The van der Waals surface area contributed by atoms with Gasteiger partial charge in [0.05, 0.1) is 0 Å². The lowest BCUT2D eigenvalue weighted by atomic mass is 9.94. The lowest BCUT2D eigenvalue weighted by Crippen LogP contribution is -2.03.